The van der Waals surface area contributed by atoms with Crippen LogP contribution >= 0.6 is 11.3 Å². The first-order chi connectivity index (χ1) is 10.6. The summed E-state index contributed by atoms with van der Waals surface area (Å²) in [6.07, 6.45) is 2.23. The molecule has 1 aliphatic rings. The smallest absolute Gasteiger partial charge is 0.253 e. The normalized spacial score (nSPS) is 15.1. The number of hydrogen-bond donors (Lipinski definition) is 1. The molecule has 4 rings (SSSR count). The molecule has 1 aliphatic carbocycles. The zero-order valence-corrected chi connectivity index (χ0v) is 13.2. The molecule has 5 nitrogen and oxygen atoms in total. The zero-order chi connectivity index (χ0) is 15.2. The highest BCUT2D eigenvalue weighted by molar-refractivity contribution is 7.93. The highest BCUT2D eigenvalue weighted by atomic mass is 32.2. The van der Waals surface area contributed by atoms with Gasteiger partial charge in [-0.15, -0.1) is 10.2 Å². The fourth-order valence-electron chi connectivity index (χ4n) is 2.28. The Morgan fingerprint density at radius 2 is 1.82 bits per heavy atom. The van der Waals surface area contributed by atoms with Crippen LogP contribution in [0.4, 0.5) is 5.13 Å². The lowest BCUT2D eigenvalue weighted by atomic mass is 10.1. The van der Waals surface area contributed by atoms with Crippen LogP contribution in [0, 0.1) is 0 Å². The summed E-state index contributed by atoms with van der Waals surface area (Å²) >= 11 is 1.32. The van der Waals surface area contributed by atoms with Crippen LogP contribution in [0.1, 0.15) is 23.8 Å². The summed E-state index contributed by atoms with van der Waals surface area (Å²) in [5.41, 5.74) is 0. The van der Waals surface area contributed by atoms with Crippen molar-refractivity contribution in [3.05, 3.63) is 47.5 Å². The van der Waals surface area contributed by atoms with Crippen LogP contribution in [0.3, 0.4) is 0 Å². The Morgan fingerprint density at radius 1 is 1.05 bits per heavy atom. The van der Waals surface area contributed by atoms with Gasteiger partial charge in [-0.05, 0) is 35.7 Å². The van der Waals surface area contributed by atoms with E-state index >= 15 is 0 Å². The first-order valence-corrected chi connectivity index (χ1v) is 9.27. The average molecular weight is 331 g/mol. The molecule has 1 aromatic heterocycles. The molecule has 1 N–H and O–H groups in total. The van der Waals surface area contributed by atoms with E-state index in [-0.39, 0.29) is 4.90 Å². The van der Waals surface area contributed by atoms with Crippen molar-refractivity contribution in [2.45, 2.75) is 23.7 Å². The molecule has 0 bridgehead atoms. The van der Waals surface area contributed by atoms with E-state index < -0.39 is 10.0 Å². The monoisotopic (exact) mass is 331 g/mol. The van der Waals surface area contributed by atoms with E-state index in [9.17, 15) is 8.42 Å². The Kier molecular flexibility index (Phi) is 3.12. The quantitative estimate of drug-likeness (QED) is 0.795. The lowest BCUT2D eigenvalue weighted by Gasteiger charge is -2.06. The summed E-state index contributed by atoms with van der Waals surface area (Å²) in [7, 11) is -3.64. The van der Waals surface area contributed by atoms with E-state index in [0.29, 0.717) is 11.0 Å². The van der Waals surface area contributed by atoms with E-state index in [1.165, 1.54) is 11.3 Å². The minimum atomic E-state index is -3.64. The number of anilines is 1. The number of hydrogen-bond acceptors (Lipinski definition) is 5. The second-order valence-electron chi connectivity index (χ2n) is 5.33. The van der Waals surface area contributed by atoms with Gasteiger partial charge in [0.15, 0.2) is 0 Å². The second kappa shape index (κ2) is 5.03. The Hall–Kier alpha value is -1.99. The van der Waals surface area contributed by atoms with Crippen molar-refractivity contribution in [3.63, 3.8) is 0 Å². The minimum absolute atomic E-state index is 0.231. The van der Waals surface area contributed by atoms with Crippen LogP contribution in [0.5, 0.6) is 0 Å². The van der Waals surface area contributed by atoms with Gasteiger partial charge < -0.3 is 0 Å². The molecule has 7 heteroatoms. The average Bonchev–Trinajstić information content (AvgIpc) is 3.27. The van der Waals surface area contributed by atoms with E-state index in [1.54, 1.807) is 18.2 Å². The third kappa shape index (κ3) is 2.57. The standard InChI is InChI=1S/C15H13N3O2S2/c19-22(20,18-15-17-16-14(21-15)11-5-6-11)13-8-7-10-3-1-2-4-12(10)9-13/h1-4,7-9,11H,5-6H2,(H,17,18). The fourth-order valence-corrected chi connectivity index (χ4v) is 4.46. The summed E-state index contributed by atoms with van der Waals surface area (Å²) in [6.45, 7) is 0. The highest BCUT2D eigenvalue weighted by Gasteiger charge is 2.28. The molecule has 0 atom stereocenters. The molecule has 1 fully saturated rings. The molecule has 112 valence electrons. The van der Waals surface area contributed by atoms with Gasteiger partial charge in [-0.1, -0.05) is 41.7 Å². The lowest BCUT2D eigenvalue weighted by Crippen LogP contribution is -2.12. The van der Waals surface area contributed by atoms with Crippen molar-refractivity contribution in [2.24, 2.45) is 0 Å². The summed E-state index contributed by atoms with van der Waals surface area (Å²) in [5.74, 6) is 0.469. The van der Waals surface area contributed by atoms with Crippen molar-refractivity contribution in [3.8, 4) is 0 Å². The molecule has 3 aromatic rings. The van der Waals surface area contributed by atoms with Crippen molar-refractivity contribution in [2.75, 3.05) is 4.72 Å². The van der Waals surface area contributed by atoms with Crippen LogP contribution in [0.15, 0.2) is 47.4 Å². The van der Waals surface area contributed by atoms with Gasteiger partial charge in [0.2, 0.25) is 5.13 Å². The van der Waals surface area contributed by atoms with Crippen LogP contribution < -0.4 is 4.72 Å². The largest absolute Gasteiger partial charge is 0.263 e. The van der Waals surface area contributed by atoms with Crippen LogP contribution in [-0.4, -0.2) is 18.6 Å². The number of sulfonamides is 1. The minimum Gasteiger partial charge on any atom is -0.253 e. The van der Waals surface area contributed by atoms with Gasteiger partial charge >= 0.3 is 0 Å². The maximum Gasteiger partial charge on any atom is 0.263 e. The Labute approximate surface area is 132 Å². The molecular weight excluding hydrogens is 318 g/mol. The number of nitrogens with one attached hydrogen (secondary N) is 1. The molecule has 1 heterocycles. The van der Waals surface area contributed by atoms with Gasteiger partial charge in [0.1, 0.15) is 5.01 Å². The molecule has 0 spiro atoms. The second-order valence-corrected chi connectivity index (χ2v) is 8.03. The summed E-state index contributed by atoms with van der Waals surface area (Å²) < 4.78 is 27.5. The fraction of sp³-hybridized carbons (Fsp3) is 0.200. The first kappa shape index (κ1) is 13.7. The molecule has 0 saturated heterocycles. The first-order valence-electron chi connectivity index (χ1n) is 6.97. The topological polar surface area (TPSA) is 72.0 Å². The van der Waals surface area contributed by atoms with Crippen LogP contribution in [-0.2, 0) is 10.0 Å². The van der Waals surface area contributed by atoms with E-state index in [0.717, 1.165) is 28.6 Å². The molecule has 2 aromatic carbocycles. The third-order valence-electron chi connectivity index (χ3n) is 3.62. The zero-order valence-electron chi connectivity index (χ0n) is 11.6. The van der Waals surface area contributed by atoms with E-state index in [1.807, 2.05) is 24.3 Å². The Morgan fingerprint density at radius 3 is 2.59 bits per heavy atom. The number of rotatable bonds is 4. The molecule has 0 unspecified atom stereocenters. The van der Waals surface area contributed by atoms with Crippen molar-refractivity contribution >= 4 is 37.3 Å². The van der Waals surface area contributed by atoms with Gasteiger partial charge in [-0.25, -0.2) is 8.42 Å². The highest BCUT2D eigenvalue weighted by Crippen LogP contribution is 2.42. The van der Waals surface area contributed by atoms with Crippen molar-refractivity contribution in [1.29, 1.82) is 0 Å². The van der Waals surface area contributed by atoms with Crippen molar-refractivity contribution in [1.82, 2.24) is 10.2 Å². The van der Waals surface area contributed by atoms with Crippen molar-refractivity contribution < 1.29 is 8.42 Å². The van der Waals surface area contributed by atoms with Gasteiger partial charge in [-0.3, -0.25) is 4.72 Å². The predicted octanol–water partition coefficient (Wildman–Crippen LogP) is 3.37. The third-order valence-corrected chi connectivity index (χ3v) is 6.09. The lowest BCUT2D eigenvalue weighted by molar-refractivity contribution is 0.601. The van der Waals surface area contributed by atoms with Crippen LogP contribution in [0.2, 0.25) is 0 Å². The van der Waals surface area contributed by atoms with Gasteiger partial charge in [0, 0.05) is 5.92 Å². The molecule has 0 aliphatic heterocycles. The van der Waals surface area contributed by atoms with Gasteiger partial charge in [0.05, 0.1) is 4.90 Å². The Balaban J connectivity index is 1.65. The Bertz CT molecular complexity index is 946. The predicted molar refractivity (Wildman–Crippen MR) is 86.6 cm³/mol. The molecule has 22 heavy (non-hydrogen) atoms. The SMILES string of the molecule is O=S(=O)(Nc1nnc(C2CC2)s1)c1ccc2ccccc2c1. The number of aromatic nitrogens is 2. The molecule has 1 saturated carbocycles. The number of fused-ring (bicyclic) bond motifs is 1. The maximum absolute atomic E-state index is 12.5. The van der Waals surface area contributed by atoms with Crippen LogP contribution in [0.25, 0.3) is 10.8 Å². The van der Waals surface area contributed by atoms with E-state index in [4.69, 9.17) is 0 Å². The molecule has 0 amide bonds. The van der Waals surface area contributed by atoms with Gasteiger partial charge in [-0.2, -0.15) is 0 Å². The molecular formula is C15H13N3O2S2. The van der Waals surface area contributed by atoms with Gasteiger partial charge in [0.25, 0.3) is 10.0 Å². The summed E-state index contributed by atoms with van der Waals surface area (Å²) in [5, 5.41) is 11.1. The summed E-state index contributed by atoms with van der Waals surface area (Å²) in [4.78, 5) is 0.231. The molecule has 0 radical (unpaired) electrons. The van der Waals surface area contributed by atoms with E-state index in [2.05, 4.69) is 14.9 Å². The number of nitrogens with zero attached hydrogens (tertiary/aromatic N) is 2. The maximum atomic E-state index is 12.5. The number of benzene rings is 2. The summed E-state index contributed by atoms with van der Waals surface area (Å²) in [6, 6.07) is 12.7.